The summed E-state index contributed by atoms with van der Waals surface area (Å²) in [6, 6.07) is 7.87. The molecule has 0 aliphatic heterocycles. The van der Waals surface area contributed by atoms with E-state index in [-0.39, 0.29) is 5.28 Å². The number of para-hydroxylation sites is 1. The lowest BCUT2D eigenvalue weighted by Crippen LogP contribution is -2.18. The summed E-state index contributed by atoms with van der Waals surface area (Å²) in [5, 5.41) is 7.81. The minimum atomic E-state index is 0.189. The van der Waals surface area contributed by atoms with Crippen molar-refractivity contribution >= 4 is 28.5 Å². The SMILES string of the molecule is COc1ccccc1CN(C)c1nc(Cl)nc2[nH]ncc12. The molecule has 0 amide bonds. The number of ether oxygens (including phenoxy) is 1. The maximum Gasteiger partial charge on any atom is 0.226 e. The maximum absolute atomic E-state index is 5.96. The van der Waals surface area contributed by atoms with Gasteiger partial charge in [-0.3, -0.25) is 5.10 Å². The highest BCUT2D eigenvalue weighted by molar-refractivity contribution is 6.28. The summed E-state index contributed by atoms with van der Waals surface area (Å²) in [5.41, 5.74) is 1.69. The molecule has 1 N–H and O–H groups in total. The molecule has 0 radical (unpaired) electrons. The number of H-pyrrole nitrogens is 1. The third-order valence-corrected chi connectivity index (χ3v) is 3.39. The first-order valence-corrected chi connectivity index (χ1v) is 6.76. The molecular weight excluding hydrogens is 290 g/mol. The van der Waals surface area contributed by atoms with Gasteiger partial charge in [0, 0.05) is 19.2 Å². The number of benzene rings is 1. The molecule has 0 aliphatic carbocycles. The molecule has 3 aromatic rings. The van der Waals surface area contributed by atoms with Gasteiger partial charge in [-0.05, 0) is 17.7 Å². The third-order valence-electron chi connectivity index (χ3n) is 3.22. The first-order chi connectivity index (χ1) is 10.2. The molecule has 3 rings (SSSR count). The summed E-state index contributed by atoms with van der Waals surface area (Å²) in [7, 11) is 3.60. The van der Waals surface area contributed by atoms with Crippen LogP contribution in [0.5, 0.6) is 5.75 Å². The molecule has 0 saturated carbocycles. The normalized spacial score (nSPS) is 10.8. The number of fused-ring (bicyclic) bond motifs is 1. The molecule has 0 aliphatic rings. The zero-order valence-electron chi connectivity index (χ0n) is 11.7. The first-order valence-electron chi connectivity index (χ1n) is 6.38. The summed E-state index contributed by atoms with van der Waals surface area (Å²) in [4.78, 5) is 10.4. The van der Waals surface area contributed by atoms with Crippen LogP contribution in [-0.2, 0) is 6.54 Å². The topological polar surface area (TPSA) is 66.9 Å². The van der Waals surface area contributed by atoms with E-state index in [0.29, 0.717) is 12.2 Å². The van der Waals surface area contributed by atoms with E-state index < -0.39 is 0 Å². The molecular formula is C14H14ClN5O. The number of hydrogen-bond donors (Lipinski definition) is 1. The minimum absolute atomic E-state index is 0.189. The van der Waals surface area contributed by atoms with Crippen molar-refractivity contribution in [3.63, 3.8) is 0 Å². The summed E-state index contributed by atoms with van der Waals surface area (Å²) in [6.07, 6.45) is 1.69. The van der Waals surface area contributed by atoms with Gasteiger partial charge in [0.2, 0.25) is 5.28 Å². The molecule has 0 atom stereocenters. The number of nitrogens with one attached hydrogen (secondary N) is 1. The minimum Gasteiger partial charge on any atom is -0.496 e. The lowest BCUT2D eigenvalue weighted by Gasteiger charge is -2.20. The summed E-state index contributed by atoms with van der Waals surface area (Å²) in [6.45, 7) is 0.637. The van der Waals surface area contributed by atoms with Crippen molar-refractivity contribution in [3.05, 3.63) is 41.3 Å². The van der Waals surface area contributed by atoms with Crippen molar-refractivity contribution < 1.29 is 4.74 Å². The lowest BCUT2D eigenvalue weighted by molar-refractivity contribution is 0.409. The molecule has 108 valence electrons. The number of aromatic amines is 1. The van der Waals surface area contributed by atoms with Crippen LogP contribution in [0.4, 0.5) is 5.82 Å². The standard InChI is InChI=1S/C14H14ClN5O/c1-20(8-9-5-3-4-6-11(9)21-2)13-10-7-16-19-12(10)17-14(15)18-13/h3-7H,8H2,1-2H3,(H,16,17,18,19). The molecule has 0 unspecified atom stereocenters. The summed E-state index contributed by atoms with van der Waals surface area (Å²) < 4.78 is 5.37. The Morgan fingerprint density at radius 3 is 2.90 bits per heavy atom. The number of nitrogens with zero attached hydrogens (tertiary/aromatic N) is 4. The van der Waals surface area contributed by atoms with Crippen LogP contribution >= 0.6 is 11.6 Å². The summed E-state index contributed by atoms with van der Waals surface area (Å²) >= 11 is 5.96. The molecule has 6 nitrogen and oxygen atoms in total. The highest BCUT2D eigenvalue weighted by Gasteiger charge is 2.14. The van der Waals surface area contributed by atoms with E-state index in [0.717, 1.165) is 22.5 Å². The highest BCUT2D eigenvalue weighted by atomic mass is 35.5. The maximum atomic E-state index is 5.96. The van der Waals surface area contributed by atoms with E-state index >= 15 is 0 Å². The quantitative estimate of drug-likeness (QED) is 0.751. The van der Waals surface area contributed by atoms with Crippen LogP contribution in [0.3, 0.4) is 0 Å². The monoisotopic (exact) mass is 303 g/mol. The molecule has 1 aromatic carbocycles. The smallest absolute Gasteiger partial charge is 0.226 e. The number of methoxy groups -OCH3 is 1. The Bertz CT molecular complexity index is 773. The summed E-state index contributed by atoms with van der Waals surface area (Å²) in [5.74, 6) is 1.57. The fourth-order valence-electron chi connectivity index (χ4n) is 2.25. The molecule has 2 heterocycles. The van der Waals surface area contributed by atoms with Crippen molar-refractivity contribution in [2.45, 2.75) is 6.54 Å². The van der Waals surface area contributed by atoms with Gasteiger partial charge < -0.3 is 9.64 Å². The van der Waals surface area contributed by atoms with Gasteiger partial charge in [0.25, 0.3) is 0 Å². The highest BCUT2D eigenvalue weighted by Crippen LogP contribution is 2.26. The second kappa shape index (κ2) is 5.57. The Labute approximate surface area is 126 Å². The van der Waals surface area contributed by atoms with Crippen molar-refractivity contribution in [1.82, 2.24) is 20.2 Å². The van der Waals surface area contributed by atoms with Crippen LogP contribution < -0.4 is 9.64 Å². The molecule has 7 heteroatoms. The fraction of sp³-hybridized carbons (Fsp3) is 0.214. The number of aromatic nitrogens is 4. The Balaban J connectivity index is 1.97. The van der Waals surface area contributed by atoms with Gasteiger partial charge in [-0.25, -0.2) is 0 Å². The fourth-order valence-corrected chi connectivity index (χ4v) is 2.41. The lowest BCUT2D eigenvalue weighted by atomic mass is 10.2. The van der Waals surface area contributed by atoms with Crippen LogP contribution in [0, 0.1) is 0 Å². The van der Waals surface area contributed by atoms with Crippen molar-refractivity contribution in [2.75, 3.05) is 19.1 Å². The Morgan fingerprint density at radius 2 is 2.10 bits per heavy atom. The third kappa shape index (κ3) is 2.62. The number of hydrogen-bond acceptors (Lipinski definition) is 5. The molecule has 0 saturated heterocycles. The molecule has 2 aromatic heterocycles. The van der Waals surface area contributed by atoms with Gasteiger partial charge in [0.15, 0.2) is 5.65 Å². The van der Waals surface area contributed by atoms with Crippen LogP contribution in [-0.4, -0.2) is 34.3 Å². The zero-order valence-corrected chi connectivity index (χ0v) is 12.4. The van der Waals surface area contributed by atoms with Gasteiger partial charge >= 0.3 is 0 Å². The second-order valence-corrected chi connectivity index (χ2v) is 4.95. The van der Waals surface area contributed by atoms with Crippen molar-refractivity contribution in [2.24, 2.45) is 0 Å². The molecule has 0 fully saturated rings. The van der Waals surface area contributed by atoms with Crippen LogP contribution in [0.1, 0.15) is 5.56 Å². The Hall–Kier alpha value is -2.34. The Morgan fingerprint density at radius 1 is 1.29 bits per heavy atom. The van der Waals surface area contributed by atoms with Crippen LogP contribution in [0.25, 0.3) is 11.0 Å². The number of anilines is 1. The molecule has 21 heavy (non-hydrogen) atoms. The van der Waals surface area contributed by atoms with E-state index in [1.807, 2.05) is 36.2 Å². The largest absolute Gasteiger partial charge is 0.496 e. The van der Waals surface area contributed by atoms with E-state index in [1.165, 1.54) is 0 Å². The van der Waals surface area contributed by atoms with Crippen molar-refractivity contribution in [3.8, 4) is 5.75 Å². The molecule has 0 bridgehead atoms. The van der Waals surface area contributed by atoms with Gasteiger partial charge in [-0.2, -0.15) is 15.1 Å². The predicted molar refractivity (Wildman–Crippen MR) is 81.8 cm³/mol. The van der Waals surface area contributed by atoms with E-state index in [2.05, 4.69) is 20.2 Å². The van der Waals surface area contributed by atoms with Gasteiger partial charge in [-0.15, -0.1) is 0 Å². The molecule has 0 spiro atoms. The van der Waals surface area contributed by atoms with Gasteiger partial charge in [-0.1, -0.05) is 18.2 Å². The van der Waals surface area contributed by atoms with E-state index in [4.69, 9.17) is 16.3 Å². The number of rotatable bonds is 4. The van der Waals surface area contributed by atoms with Crippen LogP contribution in [0.15, 0.2) is 30.5 Å². The predicted octanol–water partition coefficient (Wildman–Crippen LogP) is 2.65. The van der Waals surface area contributed by atoms with Crippen LogP contribution in [0.2, 0.25) is 5.28 Å². The second-order valence-electron chi connectivity index (χ2n) is 4.62. The number of halogens is 1. The average Bonchev–Trinajstić information content (AvgIpc) is 2.94. The zero-order chi connectivity index (χ0) is 14.8. The first kappa shape index (κ1) is 13.6. The Kier molecular flexibility index (Phi) is 3.62. The van der Waals surface area contributed by atoms with E-state index in [1.54, 1.807) is 13.3 Å². The van der Waals surface area contributed by atoms with Gasteiger partial charge in [0.1, 0.15) is 11.6 Å². The van der Waals surface area contributed by atoms with Crippen molar-refractivity contribution in [1.29, 1.82) is 0 Å². The van der Waals surface area contributed by atoms with Gasteiger partial charge in [0.05, 0.1) is 18.7 Å². The average molecular weight is 304 g/mol. The van der Waals surface area contributed by atoms with E-state index in [9.17, 15) is 0 Å².